The zero-order valence-corrected chi connectivity index (χ0v) is 18.3. The van der Waals surface area contributed by atoms with Gasteiger partial charge < -0.3 is 19.5 Å². The van der Waals surface area contributed by atoms with Gasteiger partial charge in [0.15, 0.2) is 11.5 Å². The smallest absolute Gasteiger partial charge is 0.161 e. The van der Waals surface area contributed by atoms with Crippen LogP contribution < -0.4 is 9.47 Å². The third kappa shape index (κ3) is 5.72. The Kier molecular flexibility index (Phi) is 7.77. The number of nitrogens with zero attached hydrogens (tertiary/aromatic N) is 1. The predicted molar refractivity (Wildman–Crippen MR) is 116 cm³/mol. The molecule has 1 fully saturated rings. The molecule has 152 valence electrons. The second-order valence-corrected chi connectivity index (χ2v) is 8.44. The first kappa shape index (κ1) is 21.2. The normalized spacial score (nSPS) is 20.1. The summed E-state index contributed by atoms with van der Waals surface area (Å²) in [6.45, 7) is 5.76. The highest BCUT2D eigenvalue weighted by Crippen LogP contribution is 2.31. The molecule has 2 aromatic carbocycles. The number of hydrogen-bond donors (Lipinski definition) is 1. The van der Waals surface area contributed by atoms with Gasteiger partial charge in [0.25, 0.3) is 0 Å². The van der Waals surface area contributed by atoms with Crippen LogP contribution in [0, 0.1) is 5.92 Å². The number of likely N-dealkylation sites (tertiary alicyclic amines) is 1. The van der Waals surface area contributed by atoms with Crippen molar-refractivity contribution in [2.24, 2.45) is 5.92 Å². The summed E-state index contributed by atoms with van der Waals surface area (Å²) in [6.07, 6.45) is 2.63. The second kappa shape index (κ2) is 10.3. The van der Waals surface area contributed by atoms with Gasteiger partial charge in [0.1, 0.15) is 6.61 Å². The number of benzene rings is 2. The van der Waals surface area contributed by atoms with Gasteiger partial charge in [0.05, 0.1) is 13.2 Å². The van der Waals surface area contributed by atoms with Gasteiger partial charge in [-0.3, -0.25) is 0 Å². The number of aliphatic hydroxyl groups is 1. The van der Waals surface area contributed by atoms with Crippen molar-refractivity contribution in [3.63, 3.8) is 0 Å². The molecule has 0 amide bonds. The highest BCUT2D eigenvalue weighted by molar-refractivity contribution is 9.10. The van der Waals surface area contributed by atoms with Gasteiger partial charge in [-0.1, -0.05) is 41.1 Å². The van der Waals surface area contributed by atoms with Crippen molar-refractivity contribution in [1.29, 1.82) is 0 Å². The SMILES string of the molecule is CCCN1CCC(O)C(Cc2ccc(OCc3ccc(Br)cc3)c(OC)c2)C1. The van der Waals surface area contributed by atoms with Crippen LogP contribution in [0.5, 0.6) is 11.5 Å². The number of methoxy groups -OCH3 is 1. The molecule has 1 saturated heterocycles. The number of halogens is 1. The molecule has 1 heterocycles. The van der Waals surface area contributed by atoms with E-state index < -0.39 is 0 Å². The van der Waals surface area contributed by atoms with E-state index in [0.29, 0.717) is 6.61 Å². The zero-order valence-electron chi connectivity index (χ0n) is 16.7. The minimum absolute atomic E-state index is 0.229. The van der Waals surface area contributed by atoms with Crippen molar-refractivity contribution in [1.82, 2.24) is 4.90 Å². The Bertz CT molecular complexity index is 750. The molecule has 2 aromatic rings. The maximum Gasteiger partial charge on any atom is 0.161 e. The Labute approximate surface area is 176 Å². The first-order chi connectivity index (χ1) is 13.6. The summed E-state index contributed by atoms with van der Waals surface area (Å²) in [7, 11) is 1.67. The summed E-state index contributed by atoms with van der Waals surface area (Å²) in [4.78, 5) is 2.46. The molecule has 28 heavy (non-hydrogen) atoms. The van der Waals surface area contributed by atoms with Crippen LogP contribution in [0.15, 0.2) is 46.9 Å². The Balaban J connectivity index is 1.64. The molecule has 1 aliphatic heterocycles. The van der Waals surface area contributed by atoms with Crippen LogP contribution in [0.2, 0.25) is 0 Å². The summed E-state index contributed by atoms with van der Waals surface area (Å²) < 4.78 is 12.6. The minimum Gasteiger partial charge on any atom is -0.493 e. The van der Waals surface area contributed by atoms with Gasteiger partial charge in [-0.15, -0.1) is 0 Å². The number of hydrogen-bond acceptors (Lipinski definition) is 4. The van der Waals surface area contributed by atoms with E-state index in [-0.39, 0.29) is 12.0 Å². The molecular formula is C23H30BrNO3. The topological polar surface area (TPSA) is 41.9 Å². The summed E-state index contributed by atoms with van der Waals surface area (Å²) in [5, 5.41) is 10.4. The van der Waals surface area contributed by atoms with Crippen LogP contribution in [0.1, 0.15) is 30.9 Å². The van der Waals surface area contributed by atoms with Crippen molar-refractivity contribution in [3.05, 3.63) is 58.1 Å². The lowest BCUT2D eigenvalue weighted by Gasteiger charge is -2.36. The molecule has 0 saturated carbocycles. The molecule has 0 aromatic heterocycles. The molecular weight excluding hydrogens is 418 g/mol. The van der Waals surface area contributed by atoms with Crippen LogP contribution in [-0.2, 0) is 13.0 Å². The second-order valence-electron chi connectivity index (χ2n) is 7.52. The number of rotatable bonds is 8. The maximum atomic E-state index is 10.4. The summed E-state index contributed by atoms with van der Waals surface area (Å²) >= 11 is 3.45. The van der Waals surface area contributed by atoms with E-state index in [1.807, 2.05) is 36.4 Å². The third-order valence-corrected chi connectivity index (χ3v) is 5.88. The molecule has 3 rings (SSSR count). The molecule has 1 aliphatic rings. The van der Waals surface area contributed by atoms with Crippen molar-refractivity contribution in [3.8, 4) is 11.5 Å². The average molecular weight is 448 g/mol. The van der Waals surface area contributed by atoms with E-state index >= 15 is 0 Å². The van der Waals surface area contributed by atoms with E-state index in [1.54, 1.807) is 7.11 Å². The number of ether oxygens (including phenoxy) is 2. The fourth-order valence-electron chi connectivity index (χ4n) is 3.82. The molecule has 5 heteroatoms. The largest absolute Gasteiger partial charge is 0.493 e. The van der Waals surface area contributed by atoms with Crippen LogP contribution >= 0.6 is 15.9 Å². The fourth-order valence-corrected chi connectivity index (χ4v) is 4.08. The fraction of sp³-hybridized carbons (Fsp3) is 0.478. The molecule has 4 nitrogen and oxygen atoms in total. The van der Waals surface area contributed by atoms with Gasteiger partial charge in [-0.25, -0.2) is 0 Å². The Morgan fingerprint density at radius 1 is 1.11 bits per heavy atom. The van der Waals surface area contributed by atoms with E-state index in [4.69, 9.17) is 9.47 Å². The summed E-state index contributed by atoms with van der Waals surface area (Å²) in [5.41, 5.74) is 2.28. The van der Waals surface area contributed by atoms with Gasteiger partial charge in [-0.05, 0) is 61.2 Å². The predicted octanol–water partition coefficient (Wildman–Crippen LogP) is 4.67. The molecule has 0 bridgehead atoms. The molecule has 0 radical (unpaired) electrons. The number of aliphatic hydroxyl groups excluding tert-OH is 1. The van der Waals surface area contributed by atoms with E-state index in [9.17, 15) is 5.11 Å². The Morgan fingerprint density at radius 3 is 2.57 bits per heavy atom. The molecule has 2 unspecified atom stereocenters. The lowest BCUT2D eigenvalue weighted by Crippen LogP contribution is -2.44. The lowest BCUT2D eigenvalue weighted by molar-refractivity contribution is 0.0270. The van der Waals surface area contributed by atoms with Crippen molar-refractivity contribution >= 4 is 15.9 Å². The lowest BCUT2D eigenvalue weighted by atomic mass is 9.88. The minimum atomic E-state index is -0.229. The van der Waals surface area contributed by atoms with Gasteiger partial charge in [-0.2, -0.15) is 0 Å². The first-order valence-electron chi connectivity index (χ1n) is 10.0. The molecule has 0 spiro atoms. The zero-order chi connectivity index (χ0) is 19.9. The van der Waals surface area contributed by atoms with Crippen LogP contribution in [0.4, 0.5) is 0 Å². The third-order valence-electron chi connectivity index (χ3n) is 5.35. The molecule has 0 aliphatic carbocycles. The first-order valence-corrected chi connectivity index (χ1v) is 10.8. The van der Waals surface area contributed by atoms with Gasteiger partial charge >= 0.3 is 0 Å². The molecule has 2 atom stereocenters. The average Bonchev–Trinajstić information content (AvgIpc) is 2.71. The standard InChI is InChI=1S/C23H30BrNO3/c1-3-11-25-12-10-21(26)19(15-25)13-18-6-9-22(23(14-18)27-2)28-16-17-4-7-20(24)8-5-17/h4-9,14,19,21,26H,3,10-13,15-16H2,1-2H3. The summed E-state index contributed by atoms with van der Waals surface area (Å²) in [5.74, 6) is 1.75. The van der Waals surface area contributed by atoms with Crippen molar-refractivity contribution in [2.75, 3.05) is 26.7 Å². The highest BCUT2D eigenvalue weighted by Gasteiger charge is 2.27. The monoisotopic (exact) mass is 447 g/mol. The highest BCUT2D eigenvalue weighted by atomic mass is 79.9. The van der Waals surface area contributed by atoms with Crippen LogP contribution in [0.25, 0.3) is 0 Å². The van der Waals surface area contributed by atoms with Crippen molar-refractivity contribution < 1.29 is 14.6 Å². The van der Waals surface area contributed by atoms with Crippen LogP contribution in [0.3, 0.4) is 0 Å². The van der Waals surface area contributed by atoms with Gasteiger partial charge in [0.2, 0.25) is 0 Å². The van der Waals surface area contributed by atoms with Gasteiger partial charge in [0, 0.05) is 23.5 Å². The Hall–Kier alpha value is -1.56. The molecule has 1 N–H and O–H groups in total. The van der Waals surface area contributed by atoms with Crippen molar-refractivity contribution in [2.45, 2.75) is 38.9 Å². The van der Waals surface area contributed by atoms with Crippen LogP contribution in [-0.4, -0.2) is 42.9 Å². The van der Waals surface area contributed by atoms with E-state index in [2.05, 4.69) is 33.8 Å². The maximum absolute atomic E-state index is 10.4. The summed E-state index contributed by atoms with van der Waals surface area (Å²) in [6, 6.07) is 14.2. The van der Waals surface area contributed by atoms with E-state index in [1.165, 1.54) is 5.56 Å². The Morgan fingerprint density at radius 2 is 1.86 bits per heavy atom. The van der Waals surface area contributed by atoms with E-state index in [0.717, 1.165) is 60.4 Å². The number of piperidine rings is 1. The quantitative estimate of drug-likeness (QED) is 0.637.